The van der Waals surface area contributed by atoms with Crippen molar-refractivity contribution in [3.63, 3.8) is 0 Å². The first-order chi connectivity index (χ1) is 11.0. The van der Waals surface area contributed by atoms with Gasteiger partial charge in [-0.15, -0.1) is 0 Å². The van der Waals surface area contributed by atoms with E-state index in [2.05, 4.69) is 35.8 Å². The zero-order valence-electron chi connectivity index (χ0n) is 13.6. The third-order valence-corrected chi connectivity index (χ3v) is 6.29. The summed E-state index contributed by atoms with van der Waals surface area (Å²) in [5, 5.41) is 6.70. The maximum absolute atomic E-state index is 13.0. The lowest BCUT2D eigenvalue weighted by molar-refractivity contribution is -0.131. The highest BCUT2D eigenvalue weighted by Gasteiger charge is 2.65. The van der Waals surface area contributed by atoms with Crippen LogP contribution < -0.4 is 10.6 Å². The lowest BCUT2D eigenvalue weighted by Gasteiger charge is -2.46. The van der Waals surface area contributed by atoms with Gasteiger partial charge in [-0.1, -0.05) is 23.8 Å². The van der Waals surface area contributed by atoms with E-state index in [0.29, 0.717) is 11.2 Å². The SMILES string of the molecule is COC1CCC2(CC1)Cc1ccc(C)cc1C21NC(=S)NC1=O. The fourth-order valence-electron chi connectivity index (χ4n) is 4.93. The van der Waals surface area contributed by atoms with E-state index in [0.717, 1.165) is 37.7 Å². The molecule has 0 radical (unpaired) electrons. The fourth-order valence-corrected chi connectivity index (χ4v) is 5.17. The van der Waals surface area contributed by atoms with Gasteiger partial charge in [0.05, 0.1) is 6.10 Å². The molecule has 5 heteroatoms. The molecule has 2 spiro atoms. The molecule has 1 aromatic carbocycles. The van der Waals surface area contributed by atoms with Crippen molar-refractivity contribution in [3.05, 3.63) is 34.9 Å². The lowest BCUT2D eigenvalue weighted by Crippen LogP contribution is -2.56. The number of hydrogen-bond acceptors (Lipinski definition) is 3. The van der Waals surface area contributed by atoms with E-state index in [1.807, 2.05) is 0 Å². The number of thiocarbonyl (C=S) groups is 1. The fraction of sp³-hybridized carbons (Fsp3) is 0.556. The number of rotatable bonds is 1. The van der Waals surface area contributed by atoms with Crippen LogP contribution in [0.5, 0.6) is 0 Å². The molecule has 2 aliphatic carbocycles. The van der Waals surface area contributed by atoms with Crippen molar-refractivity contribution in [3.8, 4) is 0 Å². The minimum Gasteiger partial charge on any atom is -0.381 e. The van der Waals surface area contributed by atoms with Gasteiger partial charge in [-0.3, -0.25) is 4.79 Å². The number of amides is 1. The van der Waals surface area contributed by atoms with Gasteiger partial charge in [0.1, 0.15) is 0 Å². The Morgan fingerprint density at radius 2 is 2.04 bits per heavy atom. The van der Waals surface area contributed by atoms with Gasteiger partial charge in [0.2, 0.25) is 0 Å². The topological polar surface area (TPSA) is 50.4 Å². The smallest absolute Gasteiger partial charge is 0.257 e. The number of benzene rings is 1. The summed E-state index contributed by atoms with van der Waals surface area (Å²) in [6.07, 6.45) is 5.17. The highest BCUT2D eigenvalue weighted by atomic mass is 32.1. The number of methoxy groups -OCH3 is 1. The standard InChI is InChI=1S/C18H22N2O2S/c1-11-3-4-12-10-17(7-5-13(22-2)6-8-17)18(14(12)9-11)15(21)19-16(23)20-18/h3-4,9,13H,5-8,10H2,1-2H3,(H2,19,20,21,23). The summed E-state index contributed by atoms with van der Waals surface area (Å²) in [7, 11) is 1.78. The van der Waals surface area contributed by atoms with E-state index in [1.165, 1.54) is 11.1 Å². The molecule has 2 fully saturated rings. The normalized spacial score (nSPS) is 35.5. The van der Waals surface area contributed by atoms with E-state index in [9.17, 15) is 4.79 Å². The highest BCUT2D eigenvalue weighted by Crippen LogP contribution is 2.58. The zero-order valence-corrected chi connectivity index (χ0v) is 14.4. The average Bonchev–Trinajstić information content (AvgIpc) is 2.97. The molecule has 0 aromatic heterocycles. The number of hydrogen-bond donors (Lipinski definition) is 2. The Hall–Kier alpha value is -1.46. The Labute approximate surface area is 142 Å². The molecule has 2 N–H and O–H groups in total. The summed E-state index contributed by atoms with van der Waals surface area (Å²) < 4.78 is 5.54. The number of fused-ring (bicyclic) bond motifs is 3. The van der Waals surface area contributed by atoms with Gasteiger partial charge in [0, 0.05) is 12.5 Å². The molecule has 1 heterocycles. The molecule has 4 rings (SSSR count). The number of ether oxygens (including phenoxy) is 1. The number of nitrogens with one attached hydrogen (secondary N) is 2. The molecule has 1 aromatic rings. The summed E-state index contributed by atoms with van der Waals surface area (Å²) in [4.78, 5) is 13.0. The molecule has 23 heavy (non-hydrogen) atoms. The van der Waals surface area contributed by atoms with E-state index in [1.54, 1.807) is 7.11 Å². The van der Waals surface area contributed by atoms with Crippen molar-refractivity contribution in [1.29, 1.82) is 0 Å². The molecule has 1 aliphatic heterocycles. The van der Waals surface area contributed by atoms with Crippen LogP contribution >= 0.6 is 12.2 Å². The van der Waals surface area contributed by atoms with E-state index in [4.69, 9.17) is 17.0 Å². The van der Waals surface area contributed by atoms with Gasteiger partial charge in [-0.05, 0) is 62.4 Å². The molecule has 122 valence electrons. The van der Waals surface area contributed by atoms with Gasteiger partial charge < -0.3 is 15.4 Å². The zero-order chi connectivity index (χ0) is 16.2. The van der Waals surface area contributed by atoms with E-state index >= 15 is 0 Å². The number of carbonyl (C=O) groups excluding carboxylic acids is 1. The number of aryl methyl sites for hydroxylation is 1. The van der Waals surface area contributed by atoms with Crippen LogP contribution in [0.4, 0.5) is 0 Å². The van der Waals surface area contributed by atoms with Crippen molar-refractivity contribution >= 4 is 23.2 Å². The molecule has 1 amide bonds. The minimum atomic E-state index is -0.704. The predicted octanol–water partition coefficient (Wildman–Crippen LogP) is 2.33. The summed E-state index contributed by atoms with van der Waals surface area (Å²) in [5.74, 6) is 0.0164. The second-order valence-electron chi connectivity index (χ2n) is 7.21. The summed E-state index contributed by atoms with van der Waals surface area (Å²) in [6.45, 7) is 2.08. The van der Waals surface area contributed by atoms with Crippen molar-refractivity contribution in [1.82, 2.24) is 10.6 Å². The molecule has 1 saturated heterocycles. The quantitative estimate of drug-likeness (QED) is 0.776. The summed E-state index contributed by atoms with van der Waals surface area (Å²) in [5.41, 5.74) is 2.76. The van der Waals surface area contributed by atoms with Gasteiger partial charge in [-0.25, -0.2) is 0 Å². The Bertz CT molecular complexity index is 694. The highest BCUT2D eigenvalue weighted by molar-refractivity contribution is 7.80. The molecule has 4 nitrogen and oxygen atoms in total. The first-order valence-corrected chi connectivity index (χ1v) is 8.68. The van der Waals surface area contributed by atoms with Crippen LogP contribution in [0.2, 0.25) is 0 Å². The van der Waals surface area contributed by atoms with Gasteiger partial charge in [-0.2, -0.15) is 0 Å². The Morgan fingerprint density at radius 1 is 1.30 bits per heavy atom. The second-order valence-corrected chi connectivity index (χ2v) is 7.62. The molecule has 3 aliphatic rings. The van der Waals surface area contributed by atoms with Gasteiger partial charge in [0.15, 0.2) is 10.7 Å². The van der Waals surface area contributed by atoms with Crippen LogP contribution in [0.25, 0.3) is 0 Å². The van der Waals surface area contributed by atoms with Crippen molar-refractivity contribution in [2.24, 2.45) is 5.41 Å². The Morgan fingerprint density at radius 3 is 2.65 bits per heavy atom. The first-order valence-electron chi connectivity index (χ1n) is 8.27. The lowest BCUT2D eigenvalue weighted by atomic mass is 9.61. The first kappa shape index (κ1) is 15.1. The molecule has 1 unspecified atom stereocenters. The largest absolute Gasteiger partial charge is 0.381 e. The maximum Gasteiger partial charge on any atom is 0.257 e. The molecule has 1 saturated carbocycles. The van der Waals surface area contributed by atoms with Crippen LogP contribution in [-0.4, -0.2) is 24.2 Å². The monoisotopic (exact) mass is 330 g/mol. The molecule has 1 atom stereocenters. The maximum atomic E-state index is 13.0. The third-order valence-electron chi connectivity index (χ3n) is 6.09. The molecular weight excluding hydrogens is 308 g/mol. The molecular formula is C18H22N2O2S. The van der Waals surface area contributed by atoms with Crippen LogP contribution in [0.1, 0.15) is 42.4 Å². The predicted molar refractivity (Wildman–Crippen MR) is 92.1 cm³/mol. The summed E-state index contributed by atoms with van der Waals surface area (Å²) in [6, 6.07) is 6.48. The van der Waals surface area contributed by atoms with E-state index in [-0.39, 0.29) is 11.3 Å². The van der Waals surface area contributed by atoms with Gasteiger partial charge in [0.25, 0.3) is 5.91 Å². The third kappa shape index (κ3) is 1.93. The van der Waals surface area contributed by atoms with Crippen molar-refractivity contribution < 1.29 is 9.53 Å². The second kappa shape index (κ2) is 5.02. The van der Waals surface area contributed by atoms with Crippen molar-refractivity contribution in [2.45, 2.75) is 50.7 Å². The summed E-state index contributed by atoms with van der Waals surface area (Å²) >= 11 is 5.30. The Kier molecular flexibility index (Phi) is 3.29. The molecule has 0 bridgehead atoms. The van der Waals surface area contributed by atoms with Crippen molar-refractivity contribution in [2.75, 3.05) is 7.11 Å². The Balaban J connectivity index is 1.85. The van der Waals surface area contributed by atoms with Crippen LogP contribution in [0, 0.1) is 12.3 Å². The van der Waals surface area contributed by atoms with Crippen LogP contribution in [0.3, 0.4) is 0 Å². The van der Waals surface area contributed by atoms with E-state index < -0.39 is 5.54 Å². The van der Waals surface area contributed by atoms with Crippen LogP contribution in [0.15, 0.2) is 18.2 Å². The number of carbonyl (C=O) groups is 1. The van der Waals surface area contributed by atoms with Crippen LogP contribution in [-0.2, 0) is 21.5 Å². The average molecular weight is 330 g/mol. The minimum absolute atomic E-state index is 0.0164. The van der Waals surface area contributed by atoms with Gasteiger partial charge >= 0.3 is 0 Å².